The minimum Gasteiger partial charge on any atom is -0.588 e. The quantitative estimate of drug-likeness (QED) is 0.766. The molecule has 26 heavy (non-hydrogen) atoms. The number of anilines is 1. The molecule has 4 rings (SSSR count). The molecule has 1 amide bonds. The van der Waals surface area contributed by atoms with Crippen molar-refractivity contribution in [1.29, 1.82) is 0 Å². The van der Waals surface area contributed by atoms with E-state index in [1.165, 1.54) is 0 Å². The van der Waals surface area contributed by atoms with Gasteiger partial charge in [0.25, 0.3) is 0 Å². The minimum absolute atomic E-state index is 0.0119. The van der Waals surface area contributed by atoms with Crippen LogP contribution in [0.15, 0.2) is 41.4 Å². The van der Waals surface area contributed by atoms with E-state index in [1.807, 2.05) is 29.2 Å². The molecule has 1 atom stereocenters. The Kier molecular flexibility index (Phi) is 4.69. The lowest BCUT2D eigenvalue weighted by Gasteiger charge is -2.30. The van der Waals surface area contributed by atoms with Crippen LogP contribution in [0.1, 0.15) is 25.3 Å². The molecule has 8 heteroatoms. The highest BCUT2D eigenvalue weighted by atomic mass is 32.2. The highest BCUT2D eigenvalue weighted by Gasteiger charge is 2.35. The summed E-state index contributed by atoms with van der Waals surface area (Å²) in [5.41, 5.74) is 1.04. The van der Waals surface area contributed by atoms with Crippen LogP contribution in [0, 0.1) is 0 Å². The van der Waals surface area contributed by atoms with Crippen molar-refractivity contribution in [1.82, 2.24) is 14.9 Å². The van der Waals surface area contributed by atoms with E-state index in [9.17, 15) is 9.35 Å². The second kappa shape index (κ2) is 7.13. The van der Waals surface area contributed by atoms with Gasteiger partial charge in [-0.25, -0.2) is 4.98 Å². The lowest BCUT2D eigenvalue weighted by Crippen LogP contribution is -2.40. The second-order valence-corrected chi connectivity index (χ2v) is 7.79. The van der Waals surface area contributed by atoms with Crippen LogP contribution < -0.4 is 9.04 Å². The number of benzene rings is 1. The summed E-state index contributed by atoms with van der Waals surface area (Å²) >= 11 is -1.27. The van der Waals surface area contributed by atoms with Crippen molar-refractivity contribution < 1.29 is 14.1 Å². The number of ether oxygens (including phenoxy) is 1. The summed E-state index contributed by atoms with van der Waals surface area (Å²) in [6.07, 6.45) is 3.13. The predicted molar refractivity (Wildman–Crippen MR) is 97.0 cm³/mol. The number of fused-ring (bicyclic) bond motifs is 1. The topological polar surface area (TPSA) is 81.6 Å². The van der Waals surface area contributed by atoms with E-state index in [1.54, 1.807) is 23.5 Å². The van der Waals surface area contributed by atoms with Gasteiger partial charge in [0.05, 0.1) is 6.54 Å². The molecule has 3 heterocycles. The molecule has 0 spiro atoms. The standard InChI is InChI=1S/C18H20N4O3S/c1-13(23)21-10-7-15(8-11-21)25-18-19-9-6-17(20-18)22-12-14-4-2-3-5-16(14)26(22)24/h2-6,9,15H,7-8,10-12H2,1H3. The molecule has 2 aromatic rings. The van der Waals surface area contributed by atoms with Crippen LogP contribution in [0.4, 0.5) is 5.82 Å². The average Bonchev–Trinajstić information content (AvgIpc) is 3.00. The Morgan fingerprint density at radius 3 is 2.77 bits per heavy atom. The molecule has 0 aliphatic carbocycles. The fourth-order valence-corrected chi connectivity index (χ4v) is 4.59. The molecule has 0 radical (unpaired) electrons. The number of hydrogen-bond acceptors (Lipinski definition) is 6. The molecule has 136 valence electrons. The molecule has 0 bridgehead atoms. The van der Waals surface area contributed by atoms with Crippen molar-refractivity contribution in [2.24, 2.45) is 0 Å². The predicted octanol–water partition coefficient (Wildman–Crippen LogP) is 1.91. The van der Waals surface area contributed by atoms with E-state index in [-0.39, 0.29) is 18.0 Å². The second-order valence-electron chi connectivity index (χ2n) is 6.41. The van der Waals surface area contributed by atoms with Gasteiger partial charge in [-0.15, -0.1) is 0 Å². The number of piperidine rings is 1. The Morgan fingerprint density at radius 2 is 2.04 bits per heavy atom. The number of rotatable bonds is 3. The average molecular weight is 372 g/mol. The van der Waals surface area contributed by atoms with Crippen molar-refractivity contribution in [3.63, 3.8) is 0 Å². The van der Waals surface area contributed by atoms with Gasteiger partial charge in [-0.2, -0.15) is 9.29 Å². The number of aromatic nitrogens is 2. The fourth-order valence-electron chi connectivity index (χ4n) is 3.27. The maximum Gasteiger partial charge on any atom is 0.318 e. The largest absolute Gasteiger partial charge is 0.588 e. The van der Waals surface area contributed by atoms with Crippen molar-refractivity contribution >= 4 is 23.1 Å². The van der Waals surface area contributed by atoms with Gasteiger partial charge in [-0.3, -0.25) is 4.79 Å². The van der Waals surface area contributed by atoms with E-state index >= 15 is 0 Å². The first kappa shape index (κ1) is 17.1. The van der Waals surface area contributed by atoms with Crippen LogP contribution in [0.25, 0.3) is 0 Å². The number of nitrogens with zero attached hydrogens (tertiary/aromatic N) is 4. The van der Waals surface area contributed by atoms with E-state index < -0.39 is 11.4 Å². The van der Waals surface area contributed by atoms with Gasteiger partial charge in [-0.1, -0.05) is 18.2 Å². The number of hydrogen-bond donors (Lipinski definition) is 0. The Labute approximate surface area is 155 Å². The first-order valence-corrected chi connectivity index (χ1v) is 9.75. The summed E-state index contributed by atoms with van der Waals surface area (Å²) in [6.45, 7) is 3.51. The van der Waals surface area contributed by atoms with E-state index in [0.29, 0.717) is 25.5 Å². The van der Waals surface area contributed by atoms with Crippen LogP contribution in [-0.2, 0) is 22.7 Å². The van der Waals surface area contributed by atoms with E-state index in [0.717, 1.165) is 23.3 Å². The molecule has 1 aromatic heterocycles. The van der Waals surface area contributed by atoms with Crippen LogP contribution in [-0.4, -0.2) is 44.5 Å². The van der Waals surface area contributed by atoms with Crippen molar-refractivity contribution in [2.45, 2.75) is 37.3 Å². The lowest BCUT2D eigenvalue weighted by atomic mass is 10.1. The molecule has 1 aromatic carbocycles. The molecular formula is C18H20N4O3S. The monoisotopic (exact) mass is 372 g/mol. The van der Waals surface area contributed by atoms with Gasteiger partial charge >= 0.3 is 6.01 Å². The third kappa shape index (κ3) is 3.34. The molecule has 1 unspecified atom stereocenters. The van der Waals surface area contributed by atoms with Crippen LogP contribution in [0.2, 0.25) is 0 Å². The molecule has 2 aliphatic heterocycles. The molecule has 1 fully saturated rings. The highest BCUT2D eigenvalue weighted by Crippen LogP contribution is 2.33. The Hall–Kier alpha value is -2.32. The maximum atomic E-state index is 12.7. The Bertz CT molecular complexity index is 811. The van der Waals surface area contributed by atoms with Gasteiger partial charge in [-0.05, 0) is 6.07 Å². The summed E-state index contributed by atoms with van der Waals surface area (Å²) in [7, 11) is 0. The zero-order valence-electron chi connectivity index (χ0n) is 14.5. The molecule has 2 aliphatic rings. The van der Waals surface area contributed by atoms with Gasteiger partial charge in [0.1, 0.15) is 17.5 Å². The van der Waals surface area contributed by atoms with E-state index in [2.05, 4.69) is 9.97 Å². The molecule has 7 nitrogen and oxygen atoms in total. The van der Waals surface area contributed by atoms with Gasteiger partial charge < -0.3 is 14.2 Å². The van der Waals surface area contributed by atoms with Gasteiger partial charge in [0, 0.05) is 50.7 Å². The number of amides is 1. The van der Waals surface area contributed by atoms with Crippen LogP contribution in [0.3, 0.4) is 0 Å². The molecular weight excluding hydrogens is 352 g/mol. The Balaban J connectivity index is 1.44. The molecule has 0 saturated carbocycles. The van der Waals surface area contributed by atoms with Crippen molar-refractivity contribution in [3.05, 3.63) is 42.1 Å². The summed E-state index contributed by atoms with van der Waals surface area (Å²) < 4.78 is 20.4. The van der Waals surface area contributed by atoms with E-state index in [4.69, 9.17) is 4.74 Å². The number of carbonyl (C=O) groups is 1. The first-order chi connectivity index (χ1) is 12.6. The van der Waals surface area contributed by atoms with Crippen LogP contribution >= 0.6 is 0 Å². The van der Waals surface area contributed by atoms with Crippen molar-refractivity contribution in [2.75, 3.05) is 17.4 Å². The number of carbonyl (C=O) groups excluding carboxylic acids is 1. The van der Waals surface area contributed by atoms with Crippen molar-refractivity contribution in [3.8, 4) is 6.01 Å². The third-order valence-corrected chi connectivity index (χ3v) is 6.20. The summed E-state index contributed by atoms with van der Waals surface area (Å²) in [5, 5.41) is 0. The fraction of sp³-hybridized carbons (Fsp3) is 0.389. The summed E-state index contributed by atoms with van der Waals surface area (Å²) in [6, 6.07) is 9.73. The zero-order chi connectivity index (χ0) is 18.1. The first-order valence-electron chi connectivity index (χ1n) is 8.64. The minimum atomic E-state index is -1.27. The summed E-state index contributed by atoms with van der Waals surface area (Å²) in [5.74, 6) is 0.684. The number of likely N-dealkylation sites (tertiary alicyclic amines) is 1. The zero-order valence-corrected chi connectivity index (χ0v) is 15.3. The van der Waals surface area contributed by atoms with Gasteiger partial charge in [0.15, 0.2) is 10.7 Å². The van der Waals surface area contributed by atoms with Crippen LogP contribution in [0.5, 0.6) is 6.01 Å². The third-order valence-electron chi connectivity index (χ3n) is 4.71. The summed E-state index contributed by atoms with van der Waals surface area (Å²) in [4.78, 5) is 22.7. The van der Waals surface area contributed by atoms with Gasteiger partial charge in [0.2, 0.25) is 5.91 Å². The smallest absolute Gasteiger partial charge is 0.318 e. The normalized spacial score (nSPS) is 20.2. The Morgan fingerprint density at radius 1 is 1.27 bits per heavy atom. The highest BCUT2D eigenvalue weighted by molar-refractivity contribution is 7.93. The lowest BCUT2D eigenvalue weighted by molar-refractivity contribution is -0.130. The molecule has 1 saturated heterocycles. The SMILES string of the molecule is CC(=O)N1CCC(Oc2nccc(N3Cc4ccccc4[S+]3[O-])n2)CC1. The molecule has 0 N–H and O–H groups in total. The maximum absolute atomic E-state index is 12.7.